The van der Waals surface area contributed by atoms with Crippen molar-refractivity contribution < 1.29 is 47.8 Å². The fourth-order valence-electron chi connectivity index (χ4n) is 11.2. The van der Waals surface area contributed by atoms with Crippen LogP contribution >= 0.6 is 0 Å². The maximum Gasteiger partial charge on any atom is 0.245 e. The molecule has 3 aliphatic heterocycles. The van der Waals surface area contributed by atoms with Gasteiger partial charge in [-0.3, -0.25) is 38.4 Å². The molecule has 3 fully saturated rings. The molecule has 10 atom stereocenters. The Kier molecular flexibility index (Phi) is 20.8. The van der Waals surface area contributed by atoms with Crippen molar-refractivity contribution in [1.82, 2.24) is 51.5 Å². The molecule has 416 valence electrons. The lowest BCUT2D eigenvalue weighted by molar-refractivity contribution is -0.142. The van der Waals surface area contributed by atoms with E-state index in [0.29, 0.717) is 39.0 Å². The molecule has 5 aliphatic rings. The SMILES string of the molecule is CC[C@H](NC(=O)[C@H](C)NC)C(=O)N1C[C@@H](OCCC(=O)N2CCN(C(=O)CCO[C@H]3C[C@@H](C(=O)N[C@@H]4CCCc5ccccc54)N(C(=O)[C@H](CC)NC(=O)[C@H](C)NC)C3)CC2)C[C@H]1C(=O)N[C@@H]1CCCc2ccccc21. The van der Waals surface area contributed by atoms with E-state index in [1.54, 1.807) is 37.7 Å². The van der Waals surface area contributed by atoms with Gasteiger partial charge in [0.05, 0.1) is 62.4 Å². The van der Waals surface area contributed by atoms with Gasteiger partial charge in [0.2, 0.25) is 47.3 Å². The van der Waals surface area contributed by atoms with Crippen molar-refractivity contribution in [3.05, 3.63) is 70.8 Å². The van der Waals surface area contributed by atoms with E-state index in [1.165, 1.54) is 20.9 Å². The summed E-state index contributed by atoms with van der Waals surface area (Å²) in [6.07, 6.45) is 5.54. The van der Waals surface area contributed by atoms with Gasteiger partial charge in [0, 0.05) is 52.1 Å². The van der Waals surface area contributed by atoms with Gasteiger partial charge in [0.1, 0.15) is 24.2 Å². The predicted octanol–water partition coefficient (Wildman–Crippen LogP) is 1.80. The summed E-state index contributed by atoms with van der Waals surface area (Å²) in [5, 5.41) is 17.9. The molecule has 2 aromatic carbocycles. The Hall–Kier alpha value is -5.96. The van der Waals surface area contributed by atoms with Crippen LogP contribution in [0, 0.1) is 0 Å². The molecule has 2 aliphatic carbocycles. The number of carbonyl (C=O) groups excluding carboxylic acids is 8. The van der Waals surface area contributed by atoms with Gasteiger partial charge in [-0.1, -0.05) is 62.4 Å². The van der Waals surface area contributed by atoms with Crippen LogP contribution in [0.1, 0.15) is 126 Å². The van der Waals surface area contributed by atoms with E-state index in [2.05, 4.69) is 44.0 Å². The van der Waals surface area contributed by atoms with Gasteiger partial charge < -0.3 is 61.0 Å². The van der Waals surface area contributed by atoms with Crippen molar-refractivity contribution in [1.29, 1.82) is 0 Å². The normalized spacial score (nSPS) is 23.8. The molecule has 0 bridgehead atoms. The summed E-state index contributed by atoms with van der Waals surface area (Å²) in [7, 11) is 3.33. The first-order valence-corrected chi connectivity index (χ1v) is 27.8. The summed E-state index contributed by atoms with van der Waals surface area (Å²) in [5.41, 5.74) is 4.55. The molecule has 0 unspecified atom stereocenters. The topological polar surface area (TPSA) is 240 Å². The van der Waals surface area contributed by atoms with E-state index < -0.39 is 48.5 Å². The maximum absolute atomic E-state index is 14.1. The zero-order valence-corrected chi connectivity index (χ0v) is 45.4. The average Bonchev–Trinajstić information content (AvgIpc) is 4.08. The smallest absolute Gasteiger partial charge is 0.245 e. The number of carbonyl (C=O) groups is 8. The monoisotopic (exact) mass is 1050 g/mol. The number of likely N-dealkylation sites (N-methyl/N-ethyl adjacent to an activating group) is 2. The molecule has 8 amide bonds. The van der Waals surface area contributed by atoms with Gasteiger partial charge in [-0.15, -0.1) is 0 Å². The number of benzene rings is 2. The molecular formula is C56H82N10O10. The second kappa shape index (κ2) is 27.4. The third kappa shape index (κ3) is 14.3. The highest BCUT2D eigenvalue weighted by Gasteiger charge is 2.45. The van der Waals surface area contributed by atoms with Crippen LogP contribution in [0.3, 0.4) is 0 Å². The van der Waals surface area contributed by atoms with Crippen LogP contribution in [0.25, 0.3) is 0 Å². The number of amides is 8. The van der Waals surface area contributed by atoms with Crippen LogP contribution < -0.4 is 31.9 Å². The summed E-state index contributed by atoms with van der Waals surface area (Å²) in [6, 6.07) is 11.4. The lowest BCUT2D eigenvalue weighted by atomic mass is 9.87. The molecule has 0 spiro atoms. The van der Waals surface area contributed by atoms with E-state index in [9.17, 15) is 38.4 Å². The molecule has 0 radical (unpaired) electrons. The number of fused-ring (bicyclic) bond motifs is 2. The molecule has 2 aromatic rings. The van der Waals surface area contributed by atoms with E-state index >= 15 is 0 Å². The van der Waals surface area contributed by atoms with Gasteiger partial charge in [0.15, 0.2) is 0 Å². The molecule has 0 saturated carbocycles. The Morgan fingerprint density at radius 2 is 0.961 bits per heavy atom. The van der Waals surface area contributed by atoms with Crippen molar-refractivity contribution in [2.45, 2.75) is 165 Å². The second-order valence-electron chi connectivity index (χ2n) is 21.0. The van der Waals surface area contributed by atoms with E-state index in [-0.39, 0.29) is 111 Å². The summed E-state index contributed by atoms with van der Waals surface area (Å²) in [5.74, 6) is -2.19. The maximum atomic E-state index is 14.1. The molecule has 3 saturated heterocycles. The first-order chi connectivity index (χ1) is 36.6. The summed E-state index contributed by atoms with van der Waals surface area (Å²) in [6.45, 7) is 8.79. The number of nitrogens with one attached hydrogen (secondary N) is 6. The van der Waals surface area contributed by atoms with E-state index in [0.717, 1.165) is 49.7 Å². The van der Waals surface area contributed by atoms with Crippen LogP contribution in [-0.4, -0.2) is 182 Å². The van der Waals surface area contributed by atoms with Crippen molar-refractivity contribution in [3.63, 3.8) is 0 Å². The number of aryl methyl sites for hydroxylation is 2. The van der Waals surface area contributed by atoms with Crippen molar-refractivity contribution in [2.24, 2.45) is 0 Å². The lowest BCUT2D eigenvalue weighted by Crippen LogP contribution is -2.55. The lowest BCUT2D eigenvalue weighted by Gasteiger charge is -2.35. The molecule has 7 rings (SSSR count). The van der Waals surface area contributed by atoms with Crippen LogP contribution in [0.2, 0.25) is 0 Å². The van der Waals surface area contributed by atoms with Gasteiger partial charge >= 0.3 is 0 Å². The van der Waals surface area contributed by atoms with Crippen molar-refractivity contribution in [3.8, 4) is 0 Å². The van der Waals surface area contributed by atoms with Crippen molar-refractivity contribution in [2.75, 3.05) is 66.6 Å². The van der Waals surface area contributed by atoms with Crippen LogP contribution in [0.5, 0.6) is 0 Å². The quantitative estimate of drug-likeness (QED) is 0.0991. The summed E-state index contributed by atoms with van der Waals surface area (Å²) < 4.78 is 12.5. The largest absolute Gasteiger partial charge is 0.376 e. The summed E-state index contributed by atoms with van der Waals surface area (Å²) >= 11 is 0. The number of piperazine rings is 1. The highest BCUT2D eigenvalue weighted by molar-refractivity contribution is 5.95. The third-order valence-corrected chi connectivity index (χ3v) is 16.1. The van der Waals surface area contributed by atoms with E-state index in [1.807, 2.05) is 50.2 Å². The molecule has 76 heavy (non-hydrogen) atoms. The van der Waals surface area contributed by atoms with Crippen molar-refractivity contribution >= 4 is 47.3 Å². The molecule has 6 N–H and O–H groups in total. The number of hydrogen-bond donors (Lipinski definition) is 6. The zero-order chi connectivity index (χ0) is 54.5. The number of rotatable bonds is 22. The number of hydrogen-bond acceptors (Lipinski definition) is 12. The Morgan fingerprint density at radius 3 is 1.33 bits per heavy atom. The molecule has 0 aromatic heterocycles. The standard InChI is InChI=1S/C56H82N10O10/c1-7-43(59-51(69)35(3)57-5)55(73)65-33-39(31-47(65)53(71)61-45-21-13-17-37-15-9-11-19-41(37)45)75-29-23-49(67)63-25-27-64(28-26-63)50(68)24-30-76-40-32-48(54(72)62-46-22-14-18-38-16-10-12-20-42(38)46)66(34-40)56(74)44(8-2)60-52(70)36(4)58-6/h9-12,15-16,19-20,35-36,39-40,43-48,57-58H,7-8,13-14,17-18,21-34H2,1-6H3,(H,59,69)(H,60,70)(H,61,71)(H,62,72)/t35-,36-,39-,40-,43-,44-,45+,46+,47-,48-/m0/s1. The Morgan fingerprint density at radius 1 is 0.579 bits per heavy atom. The fourth-order valence-corrected chi connectivity index (χ4v) is 11.2. The van der Waals surface area contributed by atoms with Gasteiger partial charge in [-0.05, 0) is 102 Å². The third-order valence-electron chi connectivity index (χ3n) is 16.1. The Labute approximate surface area is 447 Å². The van der Waals surface area contributed by atoms with Crippen LogP contribution in [0.15, 0.2) is 48.5 Å². The summed E-state index contributed by atoms with van der Waals surface area (Å²) in [4.78, 5) is 116. The number of ether oxygens (including phenoxy) is 2. The predicted molar refractivity (Wildman–Crippen MR) is 284 cm³/mol. The first kappa shape index (κ1) is 57.7. The molecule has 20 heteroatoms. The molecule has 20 nitrogen and oxygen atoms in total. The minimum atomic E-state index is -0.838. The Bertz CT molecular complexity index is 2220. The van der Waals surface area contributed by atoms with Crippen LogP contribution in [-0.2, 0) is 60.7 Å². The minimum Gasteiger partial charge on any atom is -0.376 e. The second-order valence-corrected chi connectivity index (χ2v) is 21.0. The number of nitrogens with zero attached hydrogens (tertiary/aromatic N) is 4. The van der Waals surface area contributed by atoms with E-state index in [4.69, 9.17) is 9.47 Å². The fraction of sp³-hybridized carbons (Fsp3) is 0.643. The molecular weight excluding hydrogens is 973 g/mol. The van der Waals surface area contributed by atoms with Gasteiger partial charge in [-0.2, -0.15) is 0 Å². The van der Waals surface area contributed by atoms with Gasteiger partial charge in [0.25, 0.3) is 0 Å². The Balaban J connectivity index is 0.884. The van der Waals surface area contributed by atoms with Gasteiger partial charge in [-0.25, -0.2) is 0 Å². The first-order valence-electron chi connectivity index (χ1n) is 27.8. The average molecular weight is 1060 g/mol. The highest BCUT2D eigenvalue weighted by atomic mass is 16.5. The molecule has 3 heterocycles. The van der Waals surface area contributed by atoms with Crippen LogP contribution in [0.4, 0.5) is 0 Å². The number of likely N-dealkylation sites (tertiary alicyclic amines) is 2. The zero-order valence-electron chi connectivity index (χ0n) is 45.4. The minimum absolute atomic E-state index is 0.0739. The highest BCUT2D eigenvalue weighted by Crippen LogP contribution is 2.33.